The van der Waals surface area contributed by atoms with Crippen LogP contribution >= 0.6 is 0 Å². The number of aliphatic hydroxyl groups is 1. The molecule has 0 amide bonds. The molecule has 0 spiro atoms. The molecule has 0 saturated heterocycles. The molecule has 0 aliphatic heterocycles. The third-order valence-corrected chi connectivity index (χ3v) is 2.53. The molecule has 0 radical (unpaired) electrons. The quantitative estimate of drug-likeness (QED) is 0.684. The van der Waals surface area contributed by atoms with Crippen LogP contribution < -0.4 is 0 Å². The zero-order valence-electron chi connectivity index (χ0n) is 7.87. The molecule has 0 bridgehead atoms. The smallest absolute Gasteiger partial charge is 0.383 e. The summed E-state index contributed by atoms with van der Waals surface area (Å²) in [4.78, 5) is 0. The van der Waals surface area contributed by atoms with E-state index in [0.717, 1.165) is 0 Å². The van der Waals surface area contributed by atoms with Crippen LogP contribution in [0.15, 0.2) is 11.7 Å². The molecule has 1 aliphatic carbocycles. The predicted octanol–water partition coefficient (Wildman–Crippen LogP) is 3.39. The van der Waals surface area contributed by atoms with E-state index in [1.807, 2.05) is 0 Å². The van der Waals surface area contributed by atoms with Gasteiger partial charge in [0.15, 0.2) is 5.83 Å². The standard InChI is InChI=1S/C9H11F5O/c10-6(7(11)9(12,13)14)8(15)4-2-1-3-5-8/h15H,1-5H2/b7-6-. The van der Waals surface area contributed by atoms with Gasteiger partial charge in [-0.05, 0) is 12.8 Å². The molecule has 1 aliphatic rings. The Hall–Kier alpha value is -0.650. The minimum absolute atomic E-state index is 0.164. The average molecular weight is 230 g/mol. The SMILES string of the molecule is OC1(/C(F)=C(/F)C(F)(F)F)CCCCC1. The van der Waals surface area contributed by atoms with Crippen molar-refractivity contribution in [2.24, 2.45) is 0 Å². The minimum atomic E-state index is -5.36. The van der Waals surface area contributed by atoms with Gasteiger partial charge in [0.25, 0.3) is 0 Å². The molecule has 0 heterocycles. The molecule has 88 valence electrons. The van der Waals surface area contributed by atoms with Gasteiger partial charge < -0.3 is 5.11 Å². The third-order valence-electron chi connectivity index (χ3n) is 2.53. The van der Waals surface area contributed by atoms with Gasteiger partial charge in [-0.25, -0.2) is 4.39 Å². The maximum Gasteiger partial charge on any atom is 0.445 e. The Bertz CT molecular complexity index is 262. The van der Waals surface area contributed by atoms with E-state index in [1.54, 1.807) is 0 Å². The minimum Gasteiger partial charge on any atom is -0.383 e. The first-order valence-corrected chi connectivity index (χ1v) is 4.63. The van der Waals surface area contributed by atoms with Crippen molar-refractivity contribution in [3.63, 3.8) is 0 Å². The van der Waals surface area contributed by atoms with Crippen molar-refractivity contribution in [3.05, 3.63) is 11.7 Å². The molecule has 1 nitrogen and oxygen atoms in total. The maximum absolute atomic E-state index is 13.1. The van der Waals surface area contributed by atoms with Crippen LogP contribution in [0.3, 0.4) is 0 Å². The van der Waals surface area contributed by atoms with E-state index >= 15 is 0 Å². The first-order valence-electron chi connectivity index (χ1n) is 4.63. The van der Waals surface area contributed by atoms with E-state index in [1.165, 1.54) is 0 Å². The van der Waals surface area contributed by atoms with E-state index in [-0.39, 0.29) is 12.8 Å². The second-order valence-corrected chi connectivity index (χ2v) is 3.72. The van der Waals surface area contributed by atoms with Crippen molar-refractivity contribution in [1.82, 2.24) is 0 Å². The van der Waals surface area contributed by atoms with Crippen LogP contribution in [0.1, 0.15) is 32.1 Å². The van der Waals surface area contributed by atoms with Gasteiger partial charge >= 0.3 is 6.18 Å². The first kappa shape index (κ1) is 12.4. The lowest BCUT2D eigenvalue weighted by Crippen LogP contribution is -2.34. The van der Waals surface area contributed by atoms with Gasteiger partial charge in [0.1, 0.15) is 5.60 Å². The van der Waals surface area contributed by atoms with Gasteiger partial charge in [-0.15, -0.1) is 0 Å². The van der Waals surface area contributed by atoms with Crippen molar-refractivity contribution >= 4 is 0 Å². The van der Waals surface area contributed by atoms with Crippen molar-refractivity contribution in [2.45, 2.75) is 43.9 Å². The number of alkyl halides is 3. The fourth-order valence-corrected chi connectivity index (χ4v) is 1.68. The van der Waals surface area contributed by atoms with E-state index in [9.17, 15) is 27.1 Å². The normalized spacial score (nSPS) is 23.6. The lowest BCUT2D eigenvalue weighted by molar-refractivity contribution is -0.116. The Balaban J connectivity index is 2.95. The average Bonchev–Trinajstić information content (AvgIpc) is 2.15. The Morgan fingerprint density at radius 3 is 1.87 bits per heavy atom. The van der Waals surface area contributed by atoms with E-state index in [4.69, 9.17) is 0 Å². The number of hydrogen-bond acceptors (Lipinski definition) is 1. The third kappa shape index (κ3) is 2.68. The van der Waals surface area contributed by atoms with Gasteiger partial charge in [-0.2, -0.15) is 17.6 Å². The molecule has 0 unspecified atom stereocenters. The molecule has 15 heavy (non-hydrogen) atoms. The summed E-state index contributed by atoms with van der Waals surface area (Å²) in [5.41, 5.74) is -2.27. The summed E-state index contributed by atoms with van der Waals surface area (Å²) in [6, 6.07) is 0. The van der Waals surface area contributed by atoms with Gasteiger partial charge in [0.2, 0.25) is 5.83 Å². The van der Waals surface area contributed by atoms with Crippen LogP contribution in [0.4, 0.5) is 22.0 Å². The second kappa shape index (κ2) is 4.08. The first-order chi connectivity index (χ1) is 6.77. The van der Waals surface area contributed by atoms with Gasteiger partial charge in [-0.3, -0.25) is 0 Å². The van der Waals surface area contributed by atoms with Crippen LogP contribution in [0.5, 0.6) is 0 Å². The molecule has 0 atom stereocenters. The lowest BCUT2D eigenvalue weighted by Gasteiger charge is -2.30. The summed E-state index contributed by atoms with van der Waals surface area (Å²) in [7, 11) is 0. The topological polar surface area (TPSA) is 20.2 Å². The van der Waals surface area contributed by atoms with Gasteiger partial charge in [-0.1, -0.05) is 19.3 Å². The fraction of sp³-hybridized carbons (Fsp3) is 0.778. The maximum atomic E-state index is 13.1. The summed E-state index contributed by atoms with van der Waals surface area (Å²) in [6.07, 6.45) is -4.19. The highest BCUT2D eigenvalue weighted by atomic mass is 19.4. The molecule has 6 heteroatoms. The summed E-state index contributed by atoms with van der Waals surface area (Å²) >= 11 is 0. The Labute approximate surface area is 83.6 Å². The molecule has 1 N–H and O–H groups in total. The highest BCUT2D eigenvalue weighted by Crippen LogP contribution is 2.40. The summed E-state index contributed by atoms with van der Waals surface area (Å²) < 4.78 is 61.2. The number of allylic oxidation sites excluding steroid dienone is 1. The zero-order chi connectivity index (χ0) is 11.7. The molecular weight excluding hydrogens is 219 g/mol. The van der Waals surface area contributed by atoms with Gasteiger partial charge in [0, 0.05) is 0 Å². The number of rotatable bonds is 1. The highest BCUT2D eigenvalue weighted by Gasteiger charge is 2.45. The molecule has 0 aromatic heterocycles. The summed E-state index contributed by atoms with van der Waals surface area (Å²) in [6.45, 7) is 0. The Kier molecular flexibility index (Phi) is 3.38. The Morgan fingerprint density at radius 2 is 1.47 bits per heavy atom. The Morgan fingerprint density at radius 1 is 1.00 bits per heavy atom. The second-order valence-electron chi connectivity index (χ2n) is 3.72. The monoisotopic (exact) mass is 230 g/mol. The summed E-state index contributed by atoms with van der Waals surface area (Å²) in [5, 5.41) is 9.50. The predicted molar refractivity (Wildman–Crippen MR) is 43.3 cm³/mol. The molecule has 1 fully saturated rings. The fourth-order valence-electron chi connectivity index (χ4n) is 1.68. The van der Waals surface area contributed by atoms with Crippen LogP contribution in [-0.4, -0.2) is 16.9 Å². The van der Waals surface area contributed by atoms with Crippen LogP contribution in [0.25, 0.3) is 0 Å². The zero-order valence-corrected chi connectivity index (χ0v) is 7.87. The van der Waals surface area contributed by atoms with Crippen LogP contribution in [0, 0.1) is 0 Å². The van der Waals surface area contributed by atoms with Crippen molar-refractivity contribution in [1.29, 1.82) is 0 Å². The van der Waals surface area contributed by atoms with Crippen molar-refractivity contribution in [3.8, 4) is 0 Å². The summed E-state index contributed by atoms with van der Waals surface area (Å²) in [5.74, 6) is -4.89. The largest absolute Gasteiger partial charge is 0.445 e. The molecule has 0 aromatic rings. The van der Waals surface area contributed by atoms with Crippen molar-refractivity contribution < 1.29 is 27.1 Å². The molecule has 0 aromatic carbocycles. The molecular formula is C9H11F5O. The molecule has 1 saturated carbocycles. The van der Waals surface area contributed by atoms with E-state index in [2.05, 4.69) is 0 Å². The van der Waals surface area contributed by atoms with Crippen LogP contribution in [0.2, 0.25) is 0 Å². The lowest BCUT2D eigenvalue weighted by atomic mass is 9.83. The highest BCUT2D eigenvalue weighted by molar-refractivity contribution is 5.17. The van der Waals surface area contributed by atoms with Crippen LogP contribution in [-0.2, 0) is 0 Å². The van der Waals surface area contributed by atoms with Gasteiger partial charge in [0.05, 0.1) is 0 Å². The number of halogens is 5. The number of hydrogen-bond donors (Lipinski definition) is 1. The van der Waals surface area contributed by atoms with E-state index < -0.39 is 23.4 Å². The molecule has 1 rings (SSSR count). The van der Waals surface area contributed by atoms with E-state index in [0.29, 0.717) is 19.3 Å². The van der Waals surface area contributed by atoms with Crippen molar-refractivity contribution in [2.75, 3.05) is 0 Å².